The van der Waals surface area contributed by atoms with Gasteiger partial charge in [0.15, 0.2) is 5.78 Å². The molecular weight excluding hydrogens is 368 g/mol. The van der Waals surface area contributed by atoms with Crippen LogP contribution in [-0.2, 0) is 4.79 Å². The van der Waals surface area contributed by atoms with E-state index in [1.165, 1.54) is 17.3 Å². The van der Waals surface area contributed by atoms with Gasteiger partial charge in [0.2, 0.25) is 5.91 Å². The summed E-state index contributed by atoms with van der Waals surface area (Å²) >= 11 is 7.16. The minimum absolute atomic E-state index is 0.000230. The Labute approximate surface area is 162 Å². The molecule has 2 atom stereocenters. The van der Waals surface area contributed by atoms with Crippen molar-refractivity contribution in [3.8, 4) is 0 Å². The lowest BCUT2D eigenvalue weighted by atomic mass is 9.95. The number of benzene rings is 2. The fourth-order valence-corrected chi connectivity index (χ4v) is 4.06. The van der Waals surface area contributed by atoms with Crippen molar-refractivity contribution >= 4 is 35.1 Å². The summed E-state index contributed by atoms with van der Waals surface area (Å²) in [4.78, 5) is 26.4. The van der Waals surface area contributed by atoms with Crippen LogP contribution < -0.4 is 5.73 Å². The number of halogens is 1. The molecule has 2 N–H and O–H groups in total. The first-order valence-corrected chi connectivity index (χ1v) is 10.0. The summed E-state index contributed by atoms with van der Waals surface area (Å²) in [6.45, 7) is 1.19. The number of ketones is 1. The molecule has 2 aromatic carbocycles. The molecule has 1 heterocycles. The minimum atomic E-state index is -0.0537. The molecule has 0 bridgehead atoms. The van der Waals surface area contributed by atoms with E-state index >= 15 is 0 Å². The van der Waals surface area contributed by atoms with Gasteiger partial charge in [0.25, 0.3) is 0 Å². The Morgan fingerprint density at radius 3 is 2.42 bits per heavy atom. The number of thioether (sulfide) groups is 1. The highest BCUT2D eigenvalue weighted by atomic mass is 35.5. The SMILES string of the molecule is N[C@@H]1CN(C(=O)CSCC(=O)c2ccc(Cl)cc2)C[C@H]1c1ccccc1. The van der Waals surface area contributed by atoms with Crippen LogP contribution in [0.2, 0.25) is 5.02 Å². The van der Waals surface area contributed by atoms with Crippen molar-refractivity contribution in [2.45, 2.75) is 12.0 Å². The number of Topliss-reactive ketones (excluding diaryl/α,β-unsaturated/α-hetero) is 1. The van der Waals surface area contributed by atoms with Crippen LogP contribution in [-0.4, -0.2) is 47.2 Å². The molecule has 1 aliphatic heterocycles. The molecule has 0 aliphatic carbocycles. The third-order valence-corrected chi connectivity index (χ3v) is 5.74. The van der Waals surface area contributed by atoms with Gasteiger partial charge in [-0.05, 0) is 29.8 Å². The van der Waals surface area contributed by atoms with E-state index in [0.717, 1.165) is 0 Å². The van der Waals surface area contributed by atoms with Crippen LogP contribution in [0.1, 0.15) is 21.8 Å². The quantitative estimate of drug-likeness (QED) is 0.772. The minimum Gasteiger partial charge on any atom is -0.340 e. The molecule has 1 aliphatic rings. The van der Waals surface area contributed by atoms with Gasteiger partial charge in [-0.2, -0.15) is 0 Å². The van der Waals surface area contributed by atoms with Crippen LogP contribution in [0.15, 0.2) is 54.6 Å². The Balaban J connectivity index is 1.48. The van der Waals surface area contributed by atoms with Crippen molar-refractivity contribution in [1.29, 1.82) is 0 Å². The van der Waals surface area contributed by atoms with Crippen LogP contribution >= 0.6 is 23.4 Å². The first-order valence-electron chi connectivity index (χ1n) is 8.49. The highest BCUT2D eigenvalue weighted by Crippen LogP contribution is 2.26. The summed E-state index contributed by atoms with van der Waals surface area (Å²) in [5.74, 6) is 0.761. The van der Waals surface area contributed by atoms with E-state index in [4.69, 9.17) is 17.3 Å². The first-order chi connectivity index (χ1) is 12.5. The number of rotatable bonds is 6. The summed E-state index contributed by atoms with van der Waals surface area (Å²) in [6, 6.07) is 16.8. The summed E-state index contributed by atoms with van der Waals surface area (Å²) in [5.41, 5.74) is 8.02. The molecule has 2 aromatic rings. The average Bonchev–Trinajstić information content (AvgIpc) is 3.04. The van der Waals surface area contributed by atoms with Crippen molar-refractivity contribution in [2.24, 2.45) is 5.73 Å². The third-order valence-electron chi connectivity index (χ3n) is 4.57. The highest BCUT2D eigenvalue weighted by Gasteiger charge is 2.33. The lowest BCUT2D eigenvalue weighted by molar-refractivity contribution is -0.127. The van der Waals surface area contributed by atoms with Gasteiger partial charge >= 0.3 is 0 Å². The molecule has 136 valence electrons. The predicted octanol–water partition coefficient (Wildman–Crippen LogP) is 3.21. The smallest absolute Gasteiger partial charge is 0.232 e. The second-order valence-electron chi connectivity index (χ2n) is 6.40. The number of hydrogen-bond donors (Lipinski definition) is 1. The molecule has 1 fully saturated rings. The zero-order valence-corrected chi connectivity index (χ0v) is 15.9. The van der Waals surface area contributed by atoms with Gasteiger partial charge in [0.05, 0.1) is 11.5 Å². The molecular formula is C20H21ClN2O2S. The van der Waals surface area contributed by atoms with Crippen LogP contribution in [0.5, 0.6) is 0 Å². The lowest BCUT2D eigenvalue weighted by Gasteiger charge is -2.16. The molecule has 4 nitrogen and oxygen atoms in total. The largest absolute Gasteiger partial charge is 0.340 e. The number of nitrogens with two attached hydrogens (primary N) is 1. The summed E-state index contributed by atoms with van der Waals surface area (Å²) in [6.07, 6.45) is 0. The van der Waals surface area contributed by atoms with Gasteiger partial charge in [0.1, 0.15) is 0 Å². The van der Waals surface area contributed by atoms with Gasteiger partial charge in [-0.25, -0.2) is 0 Å². The summed E-state index contributed by atoms with van der Waals surface area (Å²) < 4.78 is 0. The van der Waals surface area contributed by atoms with Gasteiger partial charge in [-0.3, -0.25) is 9.59 Å². The van der Waals surface area contributed by atoms with Crippen molar-refractivity contribution in [3.05, 3.63) is 70.7 Å². The zero-order chi connectivity index (χ0) is 18.5. The van der Waals surface area contributed by atoms with Gasteiger partial charge in [-0.15, -0.1) is 11.8 Å². The Bertz CT molecular complexity index is 767. The summed E-state index contributed by atoms with van der Waals surface area (Å²) in [5, 5.41) is 0.600. The maximum absolute atomic E-state index is 12.5. The number of nitrogens with zero attached hydrogens (tertiary/aromatic N) is 1. The number of likely N-dealkylation sites (tertiary alicyclic amines) is 1. The molecule has 26 heavy (non-hydrogen) atoms. The van der Waals surface area contributed by atoms with E-state index in [9.17, 15) is 9.59 Å². The number of carbonyl (C=O) groups is 2. The van der Waals surface area contributed by atoms with E-state index in [2.05, 4.69) is 12.1 Å². The molecule has 0 saturated carbocycles. The zero-order valence-electron chi connectivity index (χ0n) is 14.3. The fourth-order valence-electron chi connectivity index (χ4n) is 3.13. The summed E-state index contributed by atoms with van der Waals surface area (Å²) in [7, 11) is 0. The normalized spacial score (nSPS) is 19.5. The van der Waals surface area contributed by atoms with E-state index in [0.29, 0.717) is 23.7 Å². The van der Waals surface area contributed by atoms with Crippen molar-refractivity contribution in [2.75, 3.05) is 24.6 Å². The Morgan fingerprint density at radius 1 is 1.04 bits per heavy atom. The Morgan fingerprint density at radius 2 is 1.73 bits per heavy atom. The molecule has 0 unspecified atom stereocenters. The molecule has 1 saturated heterocycles. The topological polar surface area (TPSA) is 63.4 Å². The maximum atomic E-state index is 12.5. The number of carbonyl (C=O) groups excluding carboxylic acids is 2. The monoisotopic (exact) mass is 388 g/mol. The first kappa shape index (κ1) is 19.0. The van der Waals surface area contributed by atoms with Crippen LogP contribution in [0.3, 0.4) is 0 Å². The van der Waals surface area contributed by atoms with E-state index in [-0.39, 0.29) is 35.2 Å². The second kappa shape index (κ2) is 8.71. The molecule has 0 radical (unpaired) electrons. The van der Waals surface area contributed by atoms with Crippen molar-refractivity contribution in [3.63, 3.8) is 0 Å². The standard InChI is InChI=1S/C20H21ClN2O2S/c21-16-8-6-15(7-9-16)19(24)12-26-13-20(25)23-10-17(18(22)11-23)14-4-2-1-3-5-14/h1-9,17-18H,10-13,22H2/t17-,18+/m0/s1. The van der Waals surface area contributed by atoms with Gasteiger partial charge < -0.3 is 10.6 Å². The molecule has 0 spiro atoms. The average molecular weight is 389 g/mol. The molecule has 6 heteroatoms. The molecule has 3 rings (SSSR count). The van der Waals surface area contributed by atoms with E-state index < -0.39 is 0 Å². The molecule has 1 amide bonds. The van der Waals surface area contributed by atoms with Gasteiger partial charge in [-0.1, -0.05) is 41.9 Å². The van der Waals surface area contributed by atoms with Crippen LogP contribution in [0.25, 0.3) is 0 Å². The maximum Gasteiger partial charge on any atom is 0.232 e. The van der Waals surface area contributed by atoms with Crippen LogP contribution in [0.4, 0.5) is 0 Å². The third kappa shape index (κ3) is 4.67. The number of hydrogen-bond acceptors (Lipinski definition) is 4. The lowest BCUT2D eigenvalue weighted by Crippen LogP contribution is -2.33. The van der Waals surface area contributed by atoms with Crippen molar-refractivity contribution in [1.82, 2.24) is 4.90 Å². The predicted molar refractivity (Wildman–Crippen MR) is 107 cm³/mol. The van der Waals surface area contributed by atoms with Crippen LogP contribution in [0, 0.1) is 0 Å². The fraction of sp³-hybridized carbons (Fsp3) is 0.300. The Kier molecular flexibility index (Phi) is 6.35. The molecule has 0 aromatic heterocycles. The highest BCUT2D eigenvalue weighted by molar-refractivity contribution is 8.00. The van der Waals surface area contributed by atoms with E-state index in [1.54, 1.807) is 24.3 Å². The number of amides is 1. The van der Waals surface area contributed by atoms with E-state index in [1.807, 2.05) is 23.1 Å². The Hall–Kier alpha value is -1.82. The second-order valence-corrected chi connectivity index (χ2v) is 7.82. The van der Waals surface area contributed by atoms with Gasteiger partial charge in [0, 0.05) is 35.6 Å². The van der Waals surface area contributed by atoms with Crippen molar-refractivity contribution < 1.29 is 9.59 Å².